The molecule has 6 aromatic rings. The van der Waals surface area contributed by atoms with E-state index in [2.05, 4.69) is 74.5 Å². The van der Waals surface area contributed by atoms with Crippen molar-refractivity contribution in [2.75, 3.05) is 0 Å². The molecule has 3 aromatic carbocycles. The van der Waals surface area contributed by atoms with Gasteiger partial charge < -0.3 is 0 Å². The second-order valence-electron chi connectivity index (χ2n) is 9.21. The monoisotopic (exact) mass is 444 g/mol. The third-order valence-electron chi connectivity index (χ3n) is 6.75. The molecular weight excluding hydrogens is 416 g/mol. The van der Waals surface area contributed by atoms with Crippen LogP contribution in [0.4, 0.5) is 0 Å². The van der Waals surface area contributed by atoms with Gasteiger partial charge in [0.15, 0.2) is 0 Å². The molecule has 0 aliphatic heterocycles. The highest BCUT2D eigenvalue weighted by molar-refractivity contribution is 6.21. The lowest BCUT2D eigenvalue weighted by Crippen LogP contribution is -1.99. The fourth-order valence-electron chi connectivity index (χ4n) is 4.85. The number of aryl methyl sites for hydroxylation is 2. The van der Waals surface area contributed by atoms with E-state index in [0.29, 0.717) is 0 Å². The van der Waals surface area contributed by atoms with Crippen LogP contribution in [0, 0.1) is 0 Å². The van der Waals surface area contributed by atoms with Crippen LogP contribution in [-0.2, 0) is 12.8 Å². The van der Waals surface area contributed by atoms with Crippen molar-refractivity contribution >= 4 is 54.6 Å². The van der Waals surface area contributed by atoms with Crippen LogP contribution in [-0.4, -0.2) is 19.9 Å². The molecule has 0 unspecified atom stereocenters. The molecule has 0 atom stereocenters. The van der Waals surface area contributed by atoms with E-state index in [0.717, 1.165) is 93.8 Å². The highest BCUT2D eigenvalue weighted by Gasteiger charge is 2.16. The van der Waals surface area contributed by atoms with Gasteiger partial charge in [0.1, 0.15) is 0 Å². The Hall–Kier alpha value is -3.66. The lowest BCUT2D eigenvalue weighted by Gasteiger charge is -2.12. The Kier molecular flexibility index (Phi) is 5.29. The molecule has 3 heterocycles. The molecule has 0 aliphatic carbocycles. The van der Waals surface area contributed by atoms with Gasteiger partial charge >= 0.3 is 0 Å². The van der Waals surface area contributed by atoms with Crippen LogP contribution in [0.3, 0.4) is 0 Å². The maximum Gasteiger partial charge on any atom is 0.0996 e. The summed E-state index contributed by atoms with van der Waals surface area (Å²) in [6.07, 6.45) is 6.55. The first kappa shape index (κ1) is 20.9. The lowest BCUT2D eigenvalue weighted by molar-refractivity contribution is 0.778. The molecule has 0 N–H and O–H groups in total. The molecule has 0 radical (unpaired) electrons. The first-order valence-corrected chi connectivity index (χ1v) is 12.5. The quantitative estimate of drug-likeness (QED) is 0.195. The van der Waals surface area contributed by atoms with E-state index >= 15 is 0 Å². The zero-order valence-corrected chi connectivity index (χ0v) is 19.8. The summed E-state index contributed by atoms with van der Waals surface area (Å²) in [5.74, 6) is 0. The smallest absolute Gasteiger partial charge is 0.0996 e. The van der Waals surface area contributed by atoms with Crippen molar-refractivity contribution in [1.29, 1.82) is 0 Å². The standard InChI is InChI=1S/C30H28N4/c1-3-5-11-21-13-15-23-27(31-21)28-24(16-14-22(32-28)12-6-4-2)30-29(23)33-25-17-19-9-7-8-10-20(19)18-26(25)34-30/h7-10,13-18H,3-6,11-12H2,1-2H3. The number of aromatic nitrogens is 4. The second kappa shape index (κ2) is 8.60. The van der Waals surface area contributed by atoms with Gasteiger partial charge in [0.2, 0.25) is 0 Å². The van der Waals surface area contributed by atoms with Crippen LogP contribution in [0.25, 0.3) is 54.6 Å². The topological polar surface area (TPSA) is 51.6 Å². The van der Waals surface area contributed by atoms with Crippen molar-refractivity contribution in [3.63, 3.8) is 0 Å². The summed E-state index contributed by atoms with van der Waals surface area (Å²) in [6, 6.07) is 21.3. The Morgan fingerprint density at radius 1 is 0.529 bits per heavy atom. The van der Waals surface area contributed by atoms with Gasteiger partial charge in [-0.25, -0.2) is 9.97 Å². The fourth-order valence-corrected chi connectivity index (χ4v) is 4.85. The molecule has 4 nitrogen and oxygen atoms in total. The molecule has 0 saturated heterocycles. The van der Waals surface area contributed by atoms with E-state index in [1.165, 1.54) is 10.8 Å². The van der Waals surface area contributed by atoms with E-state index in [-0.39, 0.29) is 0 Å². The van der Waals surface area contributed by atoms with Crippen LogP contribution >= 0.6 is 0 Å². The maximum absolute atomic E-state index is 5.14. The van der Waals surface area contributed by atoms with Crippen molar-refractivity contribution in [2.45, 2.75) is 52.4 Å². The Bertz CT molecular complexity index is 1560. The van der Waals surface area contributed by atoms with Gasteiger partial charge in [-0.15, -0.1) is 0 Å². The molecule has 0 spiro atoms. The van der Waals surface area contributed by atoms with Crippen LogP contribution in [0.1, 0.15) is 50.9 Å². The predicted molar refractivity (Wildman–Crippen MR) is 142 cm³/mol. The minimum Gasteiger partial charge on any atom is -0.250 e. The first-order chi connectivity index (χ1) is 16.7. The van der Waals surface area contributed by atoms with E-state index in [1.54, 1.807) is 0 Å². The fraction of sp³-hybridized carbons (Fsp3) is 0.267. The highest BCUT2D eigenvalue weighted by atomic mass is 14.8. The highest BCUT2D eigenvalue weighted by Crippen LogP contribution is 2.34. The molecule has 0 saturated carbocycles. The van der Waals surface area contributed by atoms with Crippen molar-refractivity contribution in [3.05, 3.63) is 72.1 Å². The van der Waals surface area contributed by atoms with E-state index in [4.69, 9.17) is 19.9 Å². The van der Waals surface area contributed by atoms with Gasteiger partial charge in [0, 0.05) is 22.2 Å². The average molecular weight is 445 g/mol. The largest absolute Gasteiger partial charge is 0.250 e. The number of hydrogen-bond acceptors (Lipinski definition) is 4. The Morgan fingerprint density at radius 2 is 0.971 bits per heavy atom. The molecule has 0 bridgehead atoms. The van der Waals surface area contributed by atoms with E-state index in [1.807, 2.05) is 0 Å². The number of pyridine rings is 2. The number of rotatable bonds is 6. The van der Waals surface area contributed by atoms with Gasteiger partial charge in [-0.05, 0) is 72.9 Å². The normalized spacial score (nSPS) is 11.9. The zero-order chi connectivity index (χ0) is 23.1. The molecule has 34 heavy (non-hydrogen) atoms. The Morgan fingerprint density at radius 3 is 1.41 bits per heavy atom. The van der Waals surface area contributed by atoms with Gasteiger partial charge in [-0.1, -0.05) is 51.0 Å². The first-order valence-electron chi connectivity index (χ1n) is 12.5. The number of unbranched alkanes of at least 4 members (excludes halogenated alkanes) is 2. The van der Waals surface area contributed by atoms with Crippen LogP contribution in [0.2, 0.25) is 0 Å². The van der Waals surface area contributed by atoms with Gasteiger partial charge in [0.05, 0.1) is 33.1 Å². The molecule has 0 amide bonds. The lowest BCUT2D eigenvalue weighted by atomic mass is 10.0. The third-order valence-corrected chi connectivity index (χ3v) is 6.75. The molecule has 0 fully saturated rings. The van der Waals surface area contributed by atoms with Crippen LogP contribution in [0.5, 0.6) is 0 Å². The van der Waals surface area contributed by atoms with Gasteiger partial charge in [-0.3, -0.25) is 9.97 Å². The third kappa shape index (κ3) is 3.54. The summed E-state index contributed by atoms with van der Waals surface area (Å²) in [4.78, 5) is 20.5. The molecule has 3 aromatic heterocycles. The van der Waals surface area contributed by atoms with E-state index in [9.17, 15) is 0 Å². The molecule has 168 valence electrons. The van der Waals surface area contributed by atoms with E-state index < -0.39 is 0 Å². The summed E-state index contributed by atoms with van der Waals surface area (Å²) in [6.45, 7) is 4.44. The number of hydrogen-bond donors (Lipinski definition) is 0. The van der Waals surface area contributed by atoms with Crippen LogP contribution < -0.4 is 0 Å². The van der Waals surface area contributed by atoms with Crippen molar-refractivity contribution < 1.29 is 0 Å². The summed E-state index contributed by atoms with van der Waals surface area (Å²) >= 11 is 0. The number of nitrogens with zero attached hydrogens (tertiary/aromatic N) is 4. The predicted octanol–water partition coefficient (Wildman–Crippen LogP) is 7.72. The summed E-state index contributed by atoms with van der Waals surface area (Å²) in [5, 5.41) is 4.42. The Balaban J connectivity index is 1.70. The average Bonchev–Trinajstić information content (AvgIpc) is 2.88. The maximum atomic E-state index is 5.14. The summed E-state index contributed by atoms with van der Waals surface area (Å²) < 4.78 is 0. The molecule has 4 heteroatoms. The van der Waals surface area contributed by atoms with Crippen molar-refractivity contribution in [1.82, 2.24) is 19.9 Å². The zero-order valence-electron chi connectivity index (χ0n) is 19.8. The molecular formula is C30H28N4. The summed E-state index contributed by atoms with van der Waals surface area (Å²) in [7, 11) is 0. The number of fused-ring (bicyclic) bond motifs is 8. The van der Waals surface area contributed by atoms with Gasteiger partial charge in [-0.2, -0.15) is 0 Å². The van der Waals surface area contributed by atoms with Crippen molar-refractivity contribution in [2.24, 2.45) is 0 Å². The van der Waals surface area contributed by atoms with Gasteiger partial charge in [0.25, 0.3) is 0 Å². The minimum atomic E-state index is 0.905. The Labute approximate surface area is 199 Å². The van der Waals surface area contributed by atoms with Crippen LogP contribution in [0.15, 0.2) is 60.7 Å². The second-order valence-corrected chi connectivity index (χ2v) is 9.21. The minimum absolute atomic E-state index is 0.905. The molecule has 6 rings (SSSR count). The van der Waals surface area contributed by atoms with Crippen molar-refractivity contribution in [3.8, 4) is 0 Å². The number of benzene rings is 3. The molecule has 0 aliphatic rings. The summed E-state index contributed by atoms with van der Waals surface area (Å²) in [5.41, 5.74) is 7.77. The SMILES string of the molecule is CCCCc1ccc2c(n1)c1nc(CCCC)ccc1c1nc3cc4ccccc4cc3nc21.